The summed E-state index contributed by atoms with van der Waals surface area (Å²) in [6, 6.07) is 8.39. The SMILES string of the molecule is Cc1ccc(C(C)(C)CNC(=O)CCCO)cc1. The highest BCUT2D eigenvalue weighted by Crippen LogP contribution is 2.22. The molecule has 100 valence electrons. The molecule has 0 aliphatic carbocycles. The standard InChI is InChI=1S/C15H23NO2/c1-12-6-8-13(9-7-12)15(2,3)11-16-14(18)5-4-10-17/h6-9,17H,4-5,10-11H2,1-3H3,(H,16,18). The molecular weight excluding hydrogens is 226 g/mol. The number of nitrogens with one attached hydrogen (secondary N) is 1. The third kappa shape index (κ3) is 4.49. The number of amides is 1. The first-order valence-electron chi connectivity index (χ1n) is 6.40. The summed E-state index contributed by atoms with van der Waals surface area (Å²) >= 11 is 0. The maximum atomic E-state index is 11.5. The Kier molecular flexibility index (Phi) is 5.35. The van der Waals surface area contributed by atoms with Crippen molar-refractivity contribution >= 4 is 5.91 Å². The third-order valence-corrected chi connectivity index (χ3v) is 3.12. The van der Waals surface area contributed by atoms with Crippen LogP contribution in [0.15, 0.2) is 24.3 Å². The summed E-state index contributed by atoms with van der Waals surface area (Å²) in [5.74, 6) is 0.00392. The Morgan fingerprint density at radius 3 is 2.44 bits per heavy atom. The van der Waals surface area contributed by atoms with E-state index >= 15 is 0 Å². The van der Waals surface area contributed by atoms with Gasteiger partial charge in [0.05, 0.1) is 0 Å². The molecule has 3 nitrogen and oxygen atoms in total. The smallest absolute Gasteiger partial charge is 0.220 e. The van der Waals surface area contributed by atoms with Crippen molar-refractivity contribution in [2.45, 2.75) is 39.0 Å². The molecule has 0 radical (unpaired) electrons. The molecule has 0 saturated carbocycles. The first-order valence-corrected chi connectivity index (χ1v) is 6.40. The quantitative estimate of drug-likeness (QED) is 0.811. The van der Waals surface area contributed by atoms with Crippen LogP contribution in [0.3, 0.4) is 0 Å². The van der Waals surface area contributed by atoms with Crippen LogP contribution in [-0.2, 0) is 10.2 Å². The Labute approximate surface area is 109 Å². The zero-order chi connectivity index (χ0) is 13.6. The lowest BCUT2D eigenvalue weighted by Crippen LogP contribution is -2.36. The Hall–Kier alpha value is -1.35. The van der Waals surface area contributed by atoms with Gasteiger partial charge in [-0.25, -0.2) is 0 Å². The van der Waals surface area contributed by atoms with Gasteiger partial charge in [-0.1, -0.05) is 43.7 Å². The van der Waals surface area contributed by atoms with Gasteiger partial charge in [0.15, 0.2) is 0 Å². The van der Waals surface area contributed by atoms with Crippen molar-refractivity contribution in [3.05, 3.63) is 35.4 Å². The Morgan fingerprint density at radius 1 is 1.28 bits per heavy atom. The normalized spacial score (nSPS) is 11.3. The Bertz CT molecular complexity index is 382. The average molecular weight is 249 g/mol. The maximum Gasteiger partial charge on any atom is 0.220 e. The second-order valence-corrected chi connectivity index (χ2v) is 5.35. The van der Waals surface area contributed by atoms with Crippen molar-refractivity contribution in [1.82, 2.24) is 5.32 Å². The number of hydrogen-bond acceptors (Lipinski definition) is 2. The molecule has 0 spiro atoms. The van der Waals surface area contributed by atoms with Gasteiger partial charge >= 0.3 is 0 Å². The Morgan fingerprint density at radius 2 is 1.89 bits per heavy atom. The van der Waals surface area contributed by atoms with Crippen molar-refractivity contribution in [3.63, 3.8) is 0 Å². The molecule has 1 aromatic rings. The molecule has 1 amide bonds. The molecule has 0 saturated heterocycles. The summed E-state index contributed by atoms with van der Waals surface area (Å²) in [5.41, 5.74) is 2.37. The van der Waals surface area contributed by atoms with Crippen LogP contribution in [0.4, 0.5) is 0 Å². The summed E-state index contributed by atoms with van der Waals surface area (Å²) < 4.78 is 0. The van der Waals surface area contributed by atoms with E-state index in [4.69, 9.17) is 5.11 Å². The van der Waals surface area contributed by atoms with Gasteiger partial charge in [-0.2, -0.15) is 0 Å². The molecule has 0 bridgehead atoms. The van der Waals surface area contributed by atoms with Crippen molar-refractivity contribution in [2.75, 3.05) is 13.2 Å². The van der Waals surface area contributed by atoms with Gasteiger partial charge in [0, 0.05) is 25.0 Å². The summed E-state index contributed by atoms with van der Waals surface area (Å²) in [6.45, 7) is 6.97. The number of aryl methyl sites for hydroxylation is 1. The number of aliphatic hydroxyl groups is 1. The van der Waals surface area contributed by atoms with E-state index in [-0.39, 0.29) is 17.9 Å². The third-order valence-electron chi connectivity index (χ3n) is 3.12. The van der Waals surface area contributed by atoms with E-state index in [1.54, 1.807) is 0 Å². The van der Waals surface area contributed by atoms with Crippen LogP contribution in [0.2, 0.25) is 0 Å². The predicted molar refractivity (Wildman–Crippen MR) is 73.5 cm³/mol. The van der Waals surface area contributed by atoms with Crippen molar-refractivity contribution < 1.29 is 9.90 Å². The minimum atomic E-state index is -0.0808. The van der Waals surface area contributed by atoms with E-state index in [9.17, 15) is 4.79 Å². The van der Waals surface area contributed by atoms with Crippen LogP contribution in [0.1, 0.15) is 37.8 Å². The van der Waals surface area contributed by atoms with E-state index in [0.29, 0.717) is 19.4 Å². The molecule has 0 atom stereocenters. The molecule has 0 aliphatic rings. The molecular formula is C15H23NO2. The fourth-order valence-electron chi connectivity index (χ4n) is 1.75. The molecule has 0 aliphatic heterocycles. The molecule has 3 heteroatoms. The Balaban J connectivity index is 2.54. The highest BCUT2D eigenvalue weighted by atomic mass is 16.3. The molecule has 0 aromatic heterocycles. The zero-order valence-electron chi connectivity index (χ0n) is 11.5. The van der Waals surface area contributed by atoms with Crippen LogP contribution in [0, 0.1) is 6.92 Å². The van der Waals surface area contributed by atoms with Gasteiger partial charge in [0.2, 0.25) is 5.91 Å². The van der Waals surface area contributed by atoms with Crippen molar-refractivity contribution in [3.8, 4) is 0 Å². The van der Waals surface area contributed by atoms with Crippen LogP contribution < -0.4 is 5.32 Å². The van der Waals surface area contributed by atoms with E-state index in [0.717, 1.165) is 0 Å². The number of carbonyl (C=O) groups excluding carboxylic acids is 1. The number of carbonyl (C=O) groups is 1. The second-order valence-electron chi connectivity index (χ2n) is 5.35. The lowest BCUT2D eigenvalue weighted by molar-refractivity contribution is -0.121. The molecule has 1 aromatic carbocycles. The van der Waals surface area contributed by atoms with Gasteiger partial charge in [-0.3, -0.25) is 4.79 Å². The van der Waals surface area contributed by atoms with Crippen molar-refractivity contribution in [1.29, 1.82) is 0 Å². The highest BCUT2D eigenvalue weighted by Gasteiger charge is 2.20. The topological polar surface area (TPSA) is 49.3 Å². The lowest BCUT2D eigenvalue weighted by Gasteiger charge is -2.25. The molecule has 0 unspecified atom stereocenters. The van der Waals surface area contributed by atoms with Crippen LogP contribution in [-0.4, -0.2) is 24.2 Å². The molecule has 0 heterocycles. The van der Waals surface area contributed by atoms with Crippen LogP contribution >= 0.6 is 0 Å². The van der Waals surface area contributed by atoms with Gasteiger partial charge in [0.1, 0.15) is 0 Å². The fraction of sp³-hybridized carbons (Fsp3) is 0.533. The summed E-state index contributed by atoms with van der Waals surface area (Å²) in [6.07, 6.45) is 0.914. The maximum absolute atomic E-state index is 11.5. The molecule has 0 fully saturated rings. The van der Waals surface area contributed by atoms with Crippen LogP contribution in [0.5, 0.6) is 0 Å². The monoisotopic (exact) mass is 249 g/mol. The molecule has 18 heavy (non-hydrogen) atoms. The number of benzene rings is 1. The summed E-state index contributed by atoms with van der Waals surface area (Å²) in [5, 5.41) is 11.6. The van der Waals surface area contributed by atoms with Crippen molar-refractivity contribution in [2.24, 2.45) is 0 Å². The highest BCUT2D eigenvalue weighted by molar-refractivity contribution is 5.75. The van der Waals surface area contributed by atoms with Gasteiger partial charge in [-0.15, -0.1) is 0 Å². The largest absolute Gasteiger partial charge is 0.396 e. The predicted octanol–water partition coefficient (Wildman–Crippen LogP) is 2.16. The van der Waals surface area contributed by atoms with Gasteiger partial charge in [0.25, 0.3) is 0 Å². The van der Waals surface area contributed by atoms with E-state index in [2.05, 4.69) is 50.4 Å². The first-order chi connectivity index (χ1) is 8.45. The van der Waals surface area contributed by atoms with E-state index in [1.807, 2.05) is 0 Å². The zero-order valence-corrected chi connectivity index (χ0v) is 11.5. The average Bonchev–Trinajstić information content (AvgIpc) is 2.34. The number of rotatable bonds is 6. The number of aliphatic hydroxyl groups excluding tert-OH is 1. The van der Waals surface area contributed by atoms with E-state index in [1.165, 1.54) is 11.1 Å². The molecule has 1 rings (SSSR count). The lowest BCUT2D eigenvalue weighted by atomic mass is 9.84. The van der Waals surface area contributed by atoms with E-state index < -0.39 is 0 Å². The van der Waals surface area contributed by atoms with Gasteiger partial charge in [-0.05, 0) is 18.9 Å². The fourth-order valence-corrected chi connectivity index (χ4v) is 1.75. The minimum Gasteiger partial charge on any atom is -0.396 e. The van der Waals surface area contributed by atoms with Crippen LogP contribution in [0.25, 0.3) is 0 Å². The molecule has 2 N–H and O–H groups in total. The summed E-state index contributed by atoms with van der Waals surface area (Å²) in [7, 11) is 0. The second kappa shape index (κ2) is 6.55. The first kappa shape index (κ1) is 14.7. The van der Waals surface area contributed by atoms with Gasteiger partial charge < -0.3 is 10.4 Å². The number of hydrogen-bond donors (Lipinski definition) is 2. The minimum absolute atomic E-state index is 0.00392. The summed E-state index contributed by atoms with van der Waals surface area (Å²) in [4.78, 5) is 11.5.